The largest absolute Gasteiger partial charge is 0.497 e. The third-order valence-corrected chi connectivity index (χ3v) is 3.65. The van der Waals surface area contributed by atoms with E-state index in [4.69, 9.17) is 31.2 Å². The van der Waals surface area contributed by atoms with E-state index < -0.39 is 5.97 Å². The first-order chi connectivity index (χ1) is 13.5. The van der Waals surface area contributed by atoms with Crippen LogP contribution in [0.5, 0.6) is 23.0 Å². The Hall–Kier alpha value is -3.33. The normalized spacial score (nSPS) is 10.3. The molecule has 0 atom stereocenters. The molecule has 2 aromatic rings. The Morgan fingerprint density at radius 3 is 2.14 bits per heavy atom. The van der Waals surface area contributed by atoms with E-state index in [1.54, 1.807) is 19.2 Å². The first-order valence-corrected chi connectivity index (χ1v) is 8.56. The van der Waals surface area contributed by atoms with Crippen molar-refractivity contribution in [3.63, 3.8) is 0 Å². The topological polar surface area (TPSA) is 90.4 Å². The van der Waals surface area contributed by atoms with Crippen LogP contribution in [-0.4, -0.2) is 38.6 Å². The number of hydrogen-bond donors (Lipinski definition) is 2. The highest BCUT2D eigenvalue weighted by Gasteiger charge is 2.15. The van der Waals surface area contributed by atoms with Crippen LogP contribution in [0.1, 0.15) is 12.5 Å². The summed E-state index contributed by atoms with van der Waals surface area (Å²) < 4.78 is 20.8. The Morgan fingerprint density at radius 2 is 1.64 bits per heavy atom. The maximum absolute atomic E-state index is 11.3. The number of hydrazone groups is 1. The molecule has 0 aliphatic rings. The zero-order chi connectivity index (χ0) is 20.5. The van der Waals surface area contributed by atoms with Gasteiger partial charge in [-0.25, -0.2) is 0 Å². The molecular weight excluding hydrogens is 382 g/mol. The van der Waals surface area contributed by atoms with E-state index in [2.05, 4.69) is 15.8 Å². The van der Waals surface area contributed by atoms with Gasteiger partial charge >= 0.3 is 5.97 Å². The fourth-order valence-corrected chi connectivity index (χ4v) is 2.39. The number of esters is 1. The second-order valence-electron chi connectivity index (χ2n) is 5.40. The summed E-state index contributed by atoms with van der Waals surface area (Å²) in [5.74, 6) is 1.17. The monoisotopic (exact) mass is 403 g/mol. The van der Waals surface area contributed by atoms with Crippen molar-refractivity contribution in [2.75, 3.05) is 26.6 Å². The van der Waals surface area contributed by atoms with Crippen LogP contribution < -0.4 is 29.7 Å². The molecule has 9 heteroatoms. The molecule has 8 nitrogen and oxygen atoms in total. The van der Waals surface area contributed by atoms with E-state index >= 15 is 0 Å². The zero-order valence-electron chi connectivity index (χ0n) is 15.9. The Labute approximate surface area is 168 Å². The molecule has 2 rings (SSSR count). The Morgan fingerprint density at radius 1 is 1.04 bits per heavy atom. The average Bonchev–Trinajstić information content (AvgIpc) is 2.68. The van der Waals surface area contributed by atoms with Gasteiger partial charge in [-0.3, -0.25) is 10.2 Å². The number of carbonyl (C=O) groups excluding carboxylic acids is 1. The highest BCUT2D eigenvalue weighted by Crippen LogP contribution is 2.38. The van der Waals surface area contributed by atoms with Crippen molar-refractivity contribution in [2.24, 2.45) is 5.10 Å². The molecule has 0 saturated heterocycles. The first-order valence-electron chi connectivity index (χ1n) is 8.15. The first kappa shape index (κ1) is 21.0. The van der Waals surface area contributed by atoms with Crippen LogP contribution >= 0.6 is 12.2 Å². The van der Waals surface area contributed by atoms with Crippen LogP contribution in [0.25, 0.3) is 0 Å². The van der Waals surface area contributed by atoms with Crippen LogP contribution in [0.2, 0.25) is 0 Å². The molecule has 0 radical (unpaired) electrons. The van der Waals surface area contributed by atoms with Crippen LogP contribution in [0.15, 0.2) is 41.5 Å². The minimum Gasteiger partial charge on any atom is -0.497 e. The van der Waals surface area contributed by atoms with Gasteiger partial charge in [0.05, 0.1) is 27.5 Å². The number of anilines is 1. The number of hydrogen-bond acceptors (Lipinski definition) is 7. The van der Waals surface area contributed by atoms with Crippen molar-refractivity contribution in [1.82, 2.24) is 5.43 Å². The molecule has 0 fully saturated rings. The summed E-state index contributed by atoms with van der Waals surface area (Å²) in [5, 5.41) is 7.41. The fourth-order valence-electron chi connectivity index (χ4n) is 2.22. The lowest BCUT2D eigenvalue weighted by atomic mass is 10.2. The van der Waals surface area contributed by atoms with E-state index in [1.165, 1.54) is 27.4 Å². The summed E-state index contributed by atoms with van der Waals surface area (Å²) in [6.07, 6.45) is 1.53. The number of benzene rings is 2. The van der Waals surface area contributed by atoms with Crippen molar-refractivity contribution < 1.29 is 23.7 Å². The molecule has 2 aromatic carbocycles. The SMILES string of the molecule is COc1ccc(NC(=S)N/N=C/c2cc(OC)c(OC(C)=O)c(OC)c2)cc1. The molecule has 0 spiro atoms. The van der Waals surface area contributed by atoms with Gasteiger partial charge in [-0.05, 0) is 48.6 Å². The van der Waals surface area contributed by atoms with Crippen molar-refractivity contribution in [1.29, 1.82) is 0 Å². The lowest BCUT2D eigenvalue weighted by Gasteiger charge is -2.13. The Balaban J connectivity index is 2.06. The quantitative estimate of drug-likeness (QED) is 0.240. The fraction of sp³-hybridized carbons (Fsp3) is 0.211. The highest BCUT2D eigenvalue weighted by atomic mass is 32.1. The number of ether oxygens (including phenoxy) is 4. The van der Waals surface area contributed by atoms with E-state index in [1.807, 2.05) is 24.3 Å². The number of thiocarbonyl (C=S) groups is 1. The van der Waals surface area contributed by atoms with Crippen molar-refractivity contribution in [2.45, 2.75) is 6.92 Å². The molecule has 0 heterocycles. The molecule has 2 N–H and O–H groups in total. The minimum atomic E-state index is -0.477. The molecule has 0 aliphatic heterocycles. The summed E-state index contributed by atoms with van der Waals surface area (Å²) in [6.45, 7) is 1.30. The van der Waals surface area contributed by atoms with E-state index in [9.17, 15) is 4.79 Å². The average molecular weight is 403 g/mol. The van der Waals surface area contributed by atoms with E-state index in [0.717, 1.165) is 11.4 Å². The molecule has 0 unspecified atom stereocenters. The maximum atomic E-state index is 11.3. The summed E-state index contributed by atoms with van der Waals surface area (Å²) >= 11 is 5.20. The number of carbonyl (C=O) groups is 1. The standard InChI is InChI=1S/C19H21N3O5S/c1-12(23)27-18-16(25-3)9-13(10-17(18)26-4)11-20-22-19(28)21-14-5-7-15(24-2)8-6-14/h5-11H,1-4H3,(H2,21,22,28)/b20-11+. The van der Waals surface area contributed by atoms with Gasteiger partial charge in [0.15, 0.2) is 16.6 Å². The molecule has 0 saturated carbocycles. The van der Waals surface area contributed by atoms with Gasteiger partial charge in [0, 0.05) is 18.2 Å². The molecule has 148 valence electrons. The molecular formula is C19H21N3O5S. The third kappa shape index (κ3) is 5.85. The lowest BCUT2D eigenvalue weighted by molar-refractivity contribution is -0.132. The van der Waals surface area contributed by atoms with Crippen molar-refractivity contribution >= 4 is 35.2 Å². The number of nitrogens with one attached hydrogen (secondary N) is 2. The summed E-state index contributed by atoms with van der Waals surface area (Å²) in [5.41, 5.74) is 4.17. The van der Waals surface area contributed by atoms with Crippen LogP contribution in [0.3, 0.4) is 0 Å². The summed E-state index contributed by atoms with van der Waals surface area (Å²) in [7, 11) is 4.54. The molecule has 0 aromatic heterocycles. The molecule has 0 amide bonds. The smallest absolute Gasteiger partial charge is 0.308 e. The summed E-state index contributed by atoms with van der Waals surface area (Å²) in [4.78, 5) is 11.3. The number of nitrogens with zero attached hydrogens (tertiary/aromatic N) is 1. The minimum absolute atomic E-state index is 0.208. The van der Waals surface area contributed by atoms with Crippen LogP contribution in [0, 0.1) is 0 Å². The van der Waals surface area contributed by atoms with Gasteiger partial charge in [-0.1, -0.05) is 0 Å². The van der Waals surface area contributed by atoms with Gasteiger partial charge in [0.25, 0.3) is 0 Å². The van der Waals surface area contributed by atoms with E-state index in [-0.39, 0.29) is 5.75 Å². The second kappa shape index (κ2) is 10.1. The lowest BCUT2D eigenvalue weighted by Crippen LogP contribution is -2.23. The summed E-state index contributed by atoms with van der Waals surface area (Å²) in [6, 6.07) is 10.6. The van der Waals surface area contributed by atoms with E-state index in [0.29, 0.717) is 22.2 Å². The van der Waals surface area contributed by atoms with Crippen molar-refractivity contribution in [3.05, 3.63) is 42.0 Å². The van der Waals surface area contributed by atoms with Gasteiger partial charge in [0.1, 0.15) is 5.75 Å². The van der Waals surface area contributed by atoms with Crippen LogP contribution in [0.4, 0.5) is 5.69 Å². The second-order valence-corrected chi connectivity index (χ2v) is 5.81. The Kier molecular flexibility index (Phi) is 7.58. The predicted octanol–water partition coefficient (Wildman–Crippen LogP) is 2.96. The Bertz CT molecular complexity index is 843. The highest BCUT2D eigenvalue weighted by molar-refractivity contribution is 7.80. The zero-order valence-corrected chi connectivity index (χ0v) is 16.8. The van der Waals surface area contributed by atoms with Crippen molar-refractivity contribution in [3.8, 4) is 23.0 Å². The molecule has 28 heavy (non-hydrogen) atoms. The van der Waals surface area contributed by atoms with Crippen LogP contribution in [-0.2, 0) is 4.79 Å². The van der Waals surface area contributed by atoms with Gasteiger partial charge < -0.3 is 24.3 Å². The predicted molar refractivity (Wildman–Crippen MR) is 111 cm³/mol. The van der Waals surface area contributed by atoms with Gasteiger partial charge in [0.2, 0.25) is 5.75 Å². The number of rotatable bonds is 7. The third-order valence-electron chi connectivity index (χ3n) is 3.46. The molecule has 0 aliphatic carbocycles. The number of methoxy groups -OCH3 is 3. The van der Waals surface area contributed by atoms with Gasteiger partial charge in [-0.15, -0.1) is 0 Å². The van der Waals surface area contributed by atoms with Gasteiger partial charge in [-0.2, -0.15) is 5.10 Å². The molecule has 0 bridgehead atoms. The maximum Gasteiger partial charge on any atom is 0.308 e.